The summed E-state index contributed by atoms with van der Waals surface area (Å²) >= 11 is 0. The van der Waals surface area contributed by atoms with Crippen molar-refractivity contribution < 1.29 is 4.79 Å². The van der Waals surface area contributed by atoms with Gasteiger partial charge in [-0.15, -0.1) is 0 Å². The van der Waals surface area contributed by atoms with Crippen LogP contribution in [0.2, 0.25) is 0 Å². The third kappa shape index (κ3) is 5.41. The average Bonchev–Trinajstić information content (AvgIpc) is 2.47. The molecule has 0 bridgehead atoms. The molecule has 0 heterocycles. The maximum Gasteiger partial charge on any atom is 0.236 e. The van der Waals surface area contributed by atoms with Crippen LogP contribution in [0, 0.1) is 11.3 Å². The van der Waals surface area contributed by atoms with E-state index in [9.17, 15) is 4.79 Å². The molecule has 0 saturated carbocycles. The molecule has 4 nitrogen and oxygen atoms in total. The number of benzene rings is 1. The molecular formula is C16H23N3O. The van der Waals surface area contributed by atoms with Gasteiger partial charge in [0.1, 0.15) is 0 Å². The third-order valence-electron chi connectivity index (χ3n) is 3.01. The lowest BCUT2D eigenvalue weighted by Crippen LogP contribution is -2.38. The number of rotatable bonds is 8. The van der Waals surface area contributed by atoms with E-state index in [0.717, 1.165) is 31.5 Å². The van der Waals surface area contributed by atoms with Crippen LogP contribution in [0.4, 0.5) is 0 Å². The second-order valence-electron chi connectivity index (χ2n) is 4.80. The SMILES string of the molecule is CCCNCC(=O)N(CCC)Cc1ccc(C#N)cc1. The van der Waals surface area contributed by atoms with E-state index in [-0.39, 0.29) is 5.91 Å². The Labute approximate surface area is 121 Å². The first-order valence-electron chi connectivity index (χ1n) is 7.18. The molecule has 0 spiro atoms. The van der Waals surface area contributed by atoms with Gasteiger partial charge >= 0.3 is 0 Å². The van der Waals surface area contributed by atoms with Gasteiger partial charge in [0, 0.05) is 13.1 Å². The van der Waals surface area contributed by atoms with Crippen molar-refractivity contribution in [1.82, 2.24) is 10.2 Å². The van der Waals surface area contributed by atoms with Gasteiger partial charge in [-0.1, -0.05) is 26.0 Å². The maximum atomic E-state index is 12.1. The highest BCUT2D eigenvalue weighted by molar-refractivity contribution is 5.78. The predicted octanol–water partition coefficient (Wildman–Crippen LogP) is 2.30. The van der Waals surface area contributed by atoms with Crippen LogP contribution in [0.1, 0.15) is 37.8 Å². The minimum absolute atomic E-state index is 0.129. The van der Waals surface area contributed by atoms with Gasteiger partial charge in [-0.05, 0) is 37.1 Å². The molecule has 1 aromatic carbocycles. The van der Waals surface area contributed by atoms with Crippen molar-refractivity contribution in [3.63, 3.8) is 0 Å². The molecule has 0 aromatic heterocycles. The van der Waals surface area contributed by atoms with E-state index in [2.05, 4.69) is 25.2 Å². The molecule has 108 valence electrons. The molecule has 4 heteroatoms. The molecule has 20 heavy (non-hydrogen) atoms. The van der Waals surface area contributed by atoms with E-state index in [1.807, 2.05) is 17.0 Å². The summed E-state index contributed by atoms with van der Waals surface area (Å²) in [4.78, 5) is 14.0. The molecule has 0 radical (unpaired) electrons. The summed E-state index contributed by atoms with van der Waals surface area (Å²) in [7, 11) is 0. The number of nitrogens with one attached hydrogen (secondary N) is 1. The first-order valence-corrected chi connectivity index (χ1v) is 7.18. The Bertz CT molecular complexity index is 448. The van der Waals surface area contributed by atoms with E-state index in [1.54, 1.807) is 12.1 Å². The lowest BCUT2D eigenvalue weighted by Gasteiger charge is -2.22. The monoisotopic (exact) mass is 273 g/mol. The van der Waals surface area contributed by atoms with Crippen LogP contribution in [-0.2, 0) is 11.3 Å². The Morgan fingerprint density at radius 3 is 2.50 bits per heavy atom. The minimum atomic E-state index is 0.129. The van der Waals surface area contributed by atoms with Crippen molar-refractivity contribution >= 4 is 5.91 Å². The highest BCUT2D eigenvalue weighted by Gasteiger charge is 2.12. The van der Waals surface area contributed by atoms with Gasteiger partial charge in [0.25, 0.3) is 0 Å². The summed E-state index contributed by atoms with van der Waals surface area (Å²) in [5.41, 5.74) is 1.70. The summed E-state index contributed by atoms with van der Waals surface area (Å²) in [6.07, 6.45) is 1.96. The smallest absolute Gasteiger partial charge is 0.236 e. The van der Waals surface area contributed by atoms with Gasteiger partial charge < -0.3 is 10.2 Å². The Kier molecular flexibility index (Phi) is 7.38. The van der Waals surface area contributed by atoms with Crippen molar-refractivity contribution in [2.75, 3.05) is 19.6 Å². The molecule has 0 unspecified atom stereocenters. The van der Waals surface area contributed by atoms with Crippen LogP contribution in [0.5, 0.6) is 0 Å². The summed E-state index contributed by atoms with van der Waals surface area (Å²) < 4.78 is 0. The lowest BCUT2D eigenvalue weighted by molar-refractivity contribution is -0.130. The molecule has 0 aliphatic rings. The van der Waals surface area contributed by atoms with Crippen molar-refractivity contribution in [1.29, 1.82) is 5.26 Å². The van der Waals surface area contributed by atoms with Gasteiger partial charge in [-0.25, -0.2) is 0 Å². The first kappa shape index (κ1) is 16.2. The van der Waals surface area contributed by atoms with E-state index in [0.29, 0.717) is 18.7 Å². The topological polar surface area (TPSA) is 56.1 Å². The second kappa shape index (κ2) is 9.11. The zero-order valence-electron chi connectivity index (χ0n) is 12.4. The van der Waals surface area contributed by atoms with Gasteiger partial charge in [0.15, 0.2) is 0 Å². The third-order valence-corrected chi connectivity index (χ3v) is 3.01. The van der Waals surface area contributed by atoms with Crippen molar-refractivity contribution in [3.8, 4) is 6.07 Å². The predicted molar refractivity (Wildman–Crippen MR) is 80.0 cm³/mol. The number of amides is 1. The summed E-state index contributed by atoms with van der Waals surface area (Å²) in [6.45, 7) is 6.77. The number of carbonyl (C=O) groups excluding carboxylic acids is 1. The average molecular weight is 273 g/mol. The Morgan fingerprint density at radius 2 is 1.95 bits per heavy atom. The fourth-order valence-electron chi connectivity index (χ4n) is 1.95. The quantitative estimate of drug-likeness (QED) is 0.739. The number of nitriles is 1. The van der Waals surface area contributed by atoms with E-state index in [1.165, 1.54) is 0 Å². The summed E-state index contributed by atoms with van der Waals surface area (Å²) in [5, 5.41) is 11.9. The van der Waals surface area contributed by atoms with Crippen LogP contribution < -0.4 is 5.32 Å². The van der Waals surface area contributed by atoms with Crippen molar-refractivity contribution in [2.24, 2.45) is 0 Å². The second-order valence-corrected chi connectivity index (χ2v) is 4.80. The zero-order chi connectivity index (χ0) is 14.8. The minimum Gasteiger partial charge on any atom is -0.337 e. The van der Waals surface area contributed by atoms with Crippen molar-refractivity contribution in [3.05, 3.63) is 35.4 Å². The Hall–Kier alpha value is -1.86. The fraction of sp³-hybridized carbons (Fsp3) is 0.500. The zero-order valence-corrected chi connectivity index (χ0v) is 12.4. The Morgan fingerprint density at radius 1 is 1.25 bits per heavy atom. The lowest BCUT2D eigenvalue weighted by atomic mass is 10.1. The largest absolute Gasteiger partial charge is 0.337 e. The van der Waals surface area contributed by atoms with Gasteiger partial charge in [-0.3, -0.25) is 4.79 Å². The molecule has 1 N–H and O–H groups in total. The number of carbonyl (C=O) groups is 1. The van der Waals surface area contributed by atoms with Gasteiger partial charge in [0.05, 0.1) is 18.2 Å². The number of hydrogen-bond donors (Lipinski definition) is 1. The number of hydrogen-bond acceptors (Lipinski definition) is 3. The van der Waals surface area contributed by atoms with Gasteiger partial charge in [-0.2, -0.15) is 5.26 Å². The van der Waals surface area contributed by atoms with Crippen LogP contribution in [0.25, 0.3) is 0 Å². The van der Waals surface area contributed by atoms with E-state index in [4.69, 9.17) is 5.26 Å². The fourth-order valence-corrected chi connectivity index (χ4v) is 1.95. The normalized spacial score (nSPS) is 10.1. The summed E-state index contributed by atoms with van der Waals surface area (Å²) in [6, 6.07) is 9.50. The van der Waals surface area contributed by atoms with E-state index >= 15 is 0 Å². The first-order chi connectivity index (χ1) is 9.71. The van der Waals surface area contributed by atoms with E-state index < -0.39 is 0 Å². The van der Waals surface area contributed by atoms with Gasteiger partial charge in [0.2, 0.25) is 5.91 Å². The van der Waals surface area contributed by atoms with Crippen LogP contribution in [-0.4, -0.2) is 30.4 Å². The maximum absolute atomic E-state index is 12.1. The van der Waals surface area contributed by atoms with Crippen LogP contribution >= 0.6 is 0 Å². The highest BCUT2D eigenvalue weighted by atomic mass is 16.2. The molecule has 0 aliphatic carbocycles. The molecule has 0 saturated heterocycles. The van der Waals surface area contributed by atoms with Crippen molar-refractivity contribution in [2.45, 2.75) is 33.2 Å². The molecule has 1 amide bonds. The number of nitrogens with zero attached hydrogens (tertiary/aromatic N) is 2. The molecule has 0 aliphatic heterocycles. The molecule has 0 fully saturated rings. The molecule has 1 aromatic rings. The Balaban J connectivity index is 2.60. The molecule has 1 rings (SSSR count). The van der Waals surface area contributed by atoms with Crippen LogP contribution in [0.3, 0.4) is 0 Å². The molecular weight excluding hydrogens is 250 g/mol. The van der Waals surface area contributed by atoms with Crippen LogP contribution in [0.15, 0.2) is 24.3 Å². The highest BCUT2D eigenvalue weighted by Crippen LogP contribution is 2.08. The summed E-state index contributed by atoms with van der Waals surface area (Å²) in [5.74, 6) is 0.129. The standard InChI is InChI=1S/C16H23N3O/c1-3-9-18-12-16(20)19(10-4-2)13-15-7-5-14(11-17)6-8-15/h5-8,18H,3-4,9-10,12-13H2,1-2H3. The molecule has 0 atom stereocenters.